The Balaban J connectivity index is 2.19. The Bertz CT molecular complexity index is 540. The molecule has 96 valence electrons. The molecule has 0 aliphatic carbocycles. The summed E-state index contributed by atoms with van der Waals surface area (Å²) in [5, 5.41) is 7.64. The van der Waals surface area contributed by atoms with Gasteiger partial charge in [0.15, 0.2) is 0 Å². The molecule has 0 amide bonds. The van der Waals surface area contributed by atoms with Crippen molar-refractivity contribution in [1.82, 2.24) is 10.3 Å². The van der Waals surface area contributed by atoms with E-state index in [2.05, 4.69) is 15.7 Å². The van der Waals surface area contributed by atoms with Gasteiger partial charge in [0.05, 0.1) is 20.7 Å². The van der Waals surface area contributed by atoms with Crippen LogP contribution in [0.15, 0.2) is 23.6 Å². The van der Waals surface area contributed by atoms with E-state index in [9.17, 15) is 0 Å². The van der Waals surface area contributed by atoms with Crippen molar-refractivity contribution >= 4 is 34.5 Å². The number of rotatable bonds is 4. The minimum absolute atomic E-state index is 0.196. The second-order valence-corrected chi connectivity index (χ2v) is 5.95. The zero-order valence-corrected chi connectivity index (χ0v) is 12.5. The summed E-state index contributed by atoms with van der Waals surface area (Å²) >= 11 is 13.6. The number of aromatic nitrogens is 1. The van der Waals surface area contributed by atoms with E-state index >= 15 is 0 Å². The van der Waals surface area contributed by atoms with Crippen LogP contribution in [0.2, 0.25) is 10.0 Å². The van der Waals surface area contributed by atoms with Crippen LogP contribution in [0.5, 0.6) is 0 Å². The van der Waals surface area contributed by atoms with Crippen LogP contribution in [0.25, 0.3) is 0 Å². The molecular formula is C13H14Cl2N2S. The standard InChI is InChI=1S/C13H14Cl2N2S/c1-8-17-10(7-18-8)6-13(16-2)9-3-4-11(14)12(15)5-9/h3-5,7,13,16H,6H2,1-2H3. The van der Waals surface area contributed by atoms with Crippen molar-refractivity contribution in [1.29, 1.82) is 0 Å². The fourth-order valence-electron chi connectivity index (χ4n) is 1.83. The fraction of sp³-hybridized carbons (Fsp3) is 0.308. The topological polar surface area (TPSA) is 24.9 Å². The molecule has 1 unspecified atom stereocenters. The number of nitrogens with zero attached hydrogens (tertiary/aromatic N) is 1. The molecule has 1 aromatic heterocycles. The lowest BCUT2D eigenvalue weighted by molar-refractivity contribution is 0.585. The van der Waals surface area contributed by atoms with Crippen LogP contribution in [0.3, 0.4) is 0 Å². The highest BCUT2D eigenvalue weighted by Crippen LogP contribution is 2.27. The SMILES string of the molecule is CNC(Cc1csc(C)n1)c1ccc(Cl)c(Cl)c1. The van der Waals surface area contributed by atoms with Crippen LogP contribution >= 0.6 is 34.5 Å². The minimum Gasteiger partial charge on any atom is -0.313 e. The van der Waals surface area contributed by atoms with Gasteiger partial charge >= 0.3 is 0 Å². The van der Waals surface area contributed by atoms with E-state index < -0.39 is 0 Å². The number of thiazole rings is 1. The molecule has 0 saturated carbocycles. The highest BCUT2D eigenvalue weighted by atomic mass is 35.5. The Morgan fingerprint density at radius 1 is 1.33 bits per heavy atom. The van der Waals surface area contributed by atoms with Gasteiger partial charge in [0.1, 0.15) is 0 Å². The third-order valence-corrected chi connectivity index (χ3v) is 4.34. The number of hydrogen-bond donors (Lipinski definition) is 1. The quantitative estimate of drug-likeness (QED) is 0.912. The summed E-state index contributed by atoms with van der Waals surface area (Å²) in [5.41, 5.74) is 2.22. The summed E-state index contributed by atoms with van der Waals surface area (Å²) in [5.74, 6) is 0. The van der Waals surface area contributed by atoms with Gasteiger partial charge < -0.3 is 5.32 Å². The average molecular weight is 301 g/mol. The molecule has 0 saturated heterocycles. The van der Waals surface area contributed by atoms with Crippen molar-refractivity contribution in [2.45, 2.75) is 19.4 Å². The lowest BCUT2D eigenvalue weighted by Gasteiger charge is -2.16. The molecule has 2 nitrogen and oxygen atoms in total. The predicted molar refractivity (Wildman–Crippen MR) is 78.8 cm³/mol. The van der Waals surface area contributed by atoms with Crippen molar-refractivity contribution in [2.24, 2.45) is 0 Å². The minimum atomic E-state index is 0.196. The lowest BCUT2D eigenvalue weighted by Crippen LogP contribution is -2.19. The van der Waals surface area contributed by atoms with E-state index in [-0.39, 0.29) is 6.04 Å². The lowest BCUT2D eigenvalue weighted by atomic mass is 10.0. The van der Waals surface area contributed by atoms with E-state index in [1.165, 1.54) is 0 Å². The van der Waals surface area contributed by atoms with Gasteiger partial charge in [0, 0.05) is 17.8 Å². The summed E-state index contributed by atoms with van der Waals surface area (Å²) in [6.45, 7) is 2.02. The molecular weight excluding hydrogens is 287 g/mol. The largest absolute Gasteiger partial charge is 0.313 e. The highest BCUT2D eigenvalue weighted by Gasteiger charge is 2.13. The van der Waals surface area contributed by atoms with Crippen LogP contribution in [-0.2, 0) is 6.42 Å². The maximum atomic E-state index is 6.05. The number of likely N-dealkylation sites (N-methyl/N-ethyl adjacent to an activating group) is 1. The van der Waals surface area contributed by atoms with Crippen molar-refractivity contribution in [3.05, 3.63) is 49.9 Å². The van der Waals surface area contributed by atoms with Gasteiger partial charge in [-0.25, -0.2) is 4.98 Å². The number of aryl methyl sites for hydroxylation is 1. The Hall–Kier alpha value is -0.610. The molecule has 1 atom stereocenters. The number of halogens is 2. The molecule has 0 spiro atoms. The van der Waals surface area contributed by atoms with E-state index in [1.807, 2.05) is 32.2 Å². The zero-order valence-electron chi connectivity index (χ0n) is 10.2. The normalized spacial score (nSPS) is 12.7. The molecule has 2 aromatic rings. The zero-order chi connectivity index (χ0) is 13.1. The molecule has 0 radical (unpaired) electrons. The summed E-state index contributed by atoms with van der Waals surface area (Å²) < 4.78 is 0. The molecule has 1 N–H and O–H groups in total. The molecule has 5 heteroatoms. The second-order valence-electron chi connectivity index (χ2n) is 4.08. The van der Waals surface area contributed by atoms with Crippen molar-refractivity contribution < 1.29 is 0 Å². The summed E-state index contributed by atoms with van der Waals surface area (Å²) in [6, 6.07) is 5.93. The van der Waals surface area contributed by atoms with Gasteiger partial charge in [-0.1, -0.05) is 29.3 Å². The van der Waals surface area contributed by atoms with Gasteiger partial charge in [-0.2, -0.15) is 0 Å². The van der Waals surface area contributed by atoms with E-state index in [4.69, 9.17) is 23.2 Å². The second kappa shape index (κ2) is 6.02. The Morgan fingerprint density at radius 3 is 2.67 bits per heavy atom. The van der Waals surface area contributed by atoms with Gasteiger partial charge in [0.2, 0.25) is 0 Å². The van der Waals surface area contributed by atoms with Crippen LogP contribution in [0.1, 0.15) is 22.3 Å². The maximum absolute atomic E-state index is 6.05. The first kappa shape index (κ1) is 13.8. The molecule has 0 aliphatic rings. The van der Waals surface area contributed by atoms with Crippen LogP contribution in [-0.4, -0.2) is 12.0 Å². The summed E-state index contributed by atoms with van der Waals surface area (Å²) in [7, 11) is 1.94. The number of hydrogen-bond acceptors (Lipinski definition) is 3. The van der Waals surface area contributed by atoms with Crippen molar-refractivity contribution in [3.63, 3.8) is 0 Å². The molecule has 1 heterocycles. The first-order valence-corrected chi connectivity index (χ1v) is 7.27. The monoisotopic (exact) mass is 300 g/mol. The van der Waals surface area contributed by atoms with Gasteiger partial charge in [-0.15, -0.1) is 11.3 Å². The Kier molecular flexibility index (Phi) is 4.62. The van der Waals surface area contributed by atoms with E-state index in [0.717, 1.165) is 22.7 Å². The smallest absolute Gasteiger partial charge is 0.0897 e. The molecule has 1 aromatic carbocycles. The van der Waals surface area contributed by atoms with Crippen LogP contribution in [0, 0.1) is 6.92 Å². The van der Waals surface area contributed by atoms with Crippen LogP contribution in [0.4, 0.5) is 0 Å². The molecule has 0 aliphatic heterocycles. The van der Waals surface area contributed by atoms with Gasteiger partial charge in [0.25, 0.3) is 0 Å². The van der Waals surface area contributed by atoms with E-state index in [1.54, 1.807) is 11.3 Å². The highest BCUT2D eigenvalue weighted by molar-refractivity contribution is 7.09. The van der Waals surface area contributed by atoms with E-state index in [0.29, 0.717) is 10.0 Å². The third kappa shape index (κ3) is 3.23. The van der Waals surface area contributed by atoms with Crippen molar-refractivity contribution in [3.8, 4) is 0 Å². The summed E-state index contributed by atoms with van der Waals surface area (Å²) in [6.07, 6.45) is 0.846. The maximum Gasteiger partial charge on any atom is 0.0897 e. The molecule has 0 bridgehead atoms. The average Bonchev–Trinajstić information content (AvgIpc) is 2.75. The van der Waals surface area contributed by atoms with Crippen LogP contribution < -0.4 is 5.32 Å². The van der Waals surface area contributed by atoms with Gasteiger partial charge in [-0.05, 0) is 31.7 Å². The summed E-state index contributed by atoms with van der Waals surface area (Å²) in [4.78, 5) is 4.48. The van der Waals surface area contributed by atoms with Gasteiger partial charge in [-0.3, -0.25) is 0 Å². The fourth-order valence-corrected chi connectivity index (χ4v) is 2.76. The third-order valence-electron chi connectivity index (χ3n) is 2.77. The first-order chi connectivity index (χ1) is 8.60. The first-order valence-electron chi connectivity index (χ1n) is 5.63. The predicted octanol–water partition coefficient (Wildman–Crippen LogP) is 4.26. The Morgan fingerprint density at radius 2 is 2.11 bits per heavy atom. The number of benzene rings is 1. The number of nitrogens with one attached hydrogen (secondary N) is 1. The molecule has 18 heavy (non-hydrogen) atoms. The Labute approximate surface area is 121 Å². The van der Waals surface area contributed by atoms with Crippen molar-refractivity contribution in [2.75, 3.05) is 7.05 Å². The molecule has 2 rings (SSSR count). The molecule has 0 fully saturated rings.